The number of carbonyl (C=O) groups is 1. The largest absolute Gasteiger partial charge is 0.381 e. The normalized spacial score (nSPS) is 28.7. The topological polar surface area (TPSA) is 29.5 Å². The first-order valence-electron chi connectivity index (χ1n) is 7.26. The molecule has 2 fully saturated rings. The standard InChI is InChI=1S/C16H20ClNO2/c1-20-14-9-12-6-7-13(10-14)18(12)16(19)8-11-4-2-3-5-15(11)17/h2-5,12-14H,6-10H2,1H3. The zero-order valence-electron chi connectivity index (χ0n) is 11.7. The smallest absolute Gasteiger partial charge is 0.227 e. The van der Waals surface area contributed by atoms with Gasteiger partial charge in [0.1, 0.15) is 0 Å². The van der Waals surface area contributed by atoms with Gasteiger partial charge in [-0.3, -0.25) is 4.79 Å². The number of benzene rings is 1. The molecule has 2 atom stereocenters. The molecule has 1 aromatic carbocycles. The second-order valence-corrected chi connectivity index (χ2v) is 6.19. The second-order valence-electron chi connectivity index (χ2n) is 5.78. The van der Waals surface area contributed by atoms with Crippen LogP contribution >= 0.6 is 11.6 Å². The maximum Gasteiger partial charge on any atom is 0.227 e. The van der Waals surface area contributed by atoms with Crippen molar-refractivity contribution in [3.8, 4) is 0 Å². The third-order valence-corrected chi connectivity index (χ3v) is 4.98. The maximum atomic E-state index is 12.6. The average Bonchev–Trinajstić information content (AvgIpc) is 2.72. The monoisotopic (exact) mass is 293 g/mol. The van der Waals surface area contributed by atoms with Gasteiger partial charge < -0.3 is 9.64 Å². The predicted octanol–water partition coefficient (Wildman–Crippen LogP) is 3.05. The minimum atomic E-state index is 0.208. The quantitative estimate of drug-likeness (QED) is 0.857. The SMILES string of the molecule is COC1CC2CCC(C1)N2C(=O)Cc1ccccc1Cl. The van der Waals surface area contributed by atoms with Crippen molar-refractivity contribution in [2.75, 3.05) is 7.11 Å². The number of hydrogen-bond acceptors (Lipinski definition) is 2. The van der Waals surface area contributed by atoms with Crippen molar-refractivity contribution in [1.82, 2.24) is 4.90 Å². The summed E-state index contributed by atoms with van der Waals surface area (Å²) in [6.07, 6.45) is 4.89. The highest BCUT2D eigenvalue weighted by molar-refractivity contribution is 6.31. The zero-order valence-corrected chi connectivity index (χ0v) is 12.5. The molecule has 2 saturated heterocycles. The molecule has 0 radical (unpaired) electrons. The lowest BCUT2D eigenvalue weighted by Crippen LogP contribution is -2.49. The number of halogens is 1. The van der Waals surface area contributed by atoms with Gasteiger partial charge in [0.15, 0.2) is 0 Å². The second kappa shape index (κ2) is 5.74. The van der Waals surface area contributed by atoms with Crippen molar-refractivity contribution >= 4 is 17.5 Å². The van der Waals surface area contributed by atoms with E-state index in [1.54, 1.807) is 7.11 Å². The summed E-state index contributed by atoms with van der Waals surface area (Å²) < 4.78 is 5.48. The van der Waals surface area contributed by atoms with E-state index in [-0.39, 0.29) is 5.91 Å². The number of fused-ring (bicyclic) bond motifs is 2. The van der Waals surface area contributed by atoms with Gasteiger partial charge in [-0.05, 0) is 37.3 Å². The van der Waals surface area contributed by atoms with Crippen molar-refractivity contribution in [1.29, 1.82) is 0 Å². The highest BCUT2D eigenvalue weighted by Crippen LogP contribution is 2.37. The molecule has 1 amide bonds. The number of nitrogens with zero attached hydrogens (tertiary/aromatic N) is 1. The summed E-state index contributed by atoms with van der Waals surface area (Å²) >= 11 is 6.15. The van der Waals surface area contributed by atoms with Crippen LogP contribution in [0.4, 0.5) is 0 Å². The predicted molar refractivity (Wildman–Crippen MR) is 78.8 cm³/mol. The van der Waals surface area contributed by atoms with Crippen LogP contribution in [0.5, 0.6) is 0 Å². The van der Waals surface area contributed by atoms with E-state index in [1.807, 2.05) is 24.3 Å². The maximum absolute atomic E-state index is 12.6. The molecule has 2 heterocycles. The highest BCUT2D eigenvalue weighted by Gasteiger charge is 2.43. The van der Waals surface area contributed by atoms with Gasteiger partial charge in [-0.25, -0.2) is 0 Å². The van der Waals surface area contributed by atoms with Crippen LogP contribution in [0.3, 0.4) is 0 Å². The summed E-state index contributed by atoms with van der Waals surface area (Å²) in [6, 6.07) is 8.31. The van der Waals surface area contributed by atoms with Crippen LogP contribution in [0.1, 0.15) is 31.2 Å². The van der Waals surface area contributed by atoms with E-state index in [2.05, 4.69) is 4.90 Å². The van der Waals surface area contributed by atoms with Gasteiger partial charge in [0.25, 0.3) is 0 Å². The Kier molecular flexibility index (Phi) is 3.99. The molecule has 0 aliphatic carbocycles. The minimum absolute atomic E-state index is 0.208. The van der Waals surface area contributed by atoms with Crippen molar-refractivity contribution in [3.63, 3.8) is 0 Å². The molecule has 2 aliphatic rings. The number of methoxy groups -OCH3 is 1. The molecule has 2 unspecified atom stereocenters. The van der Waals surface area contributed by atoms with Gasteiger partial charge in [-0.15, -0.1) is 0 Å². The Labute approximate surface area is 124 Å². The van der Waals surface area contributed by atoms with Gasteiger partial charge in [0, 0.05) is 24.2 Å². The Morgan fingerprint density at radius 3 is 2.55 bits per heavy atom. The molecule has 0 spiro atoms. The lowest BCUT2D eigenvalue weighted by molar-refractivity contribution is -0.137. The van der Waals surface area contributed by atoms with Crippen molar-refractivity contribution in [2.24, 2.45) is 0 Å². The fraction of sp³-hybridized carbons (Fsp3) is 0.562. The first-order valence-corrected chi connectivity index (χ1v) is 7.64. The van der Waals surface area contributed by atoms with Crippen molar-refractivity contribution < 1.29 is 9.53 Å². The summed E-state index contributed by atoms with van der Waals surface area (Å²) in [5.41, 5.74) is 0.924. The van der Waals surface area contributed by atoms with Crippen LogP contribution in [0.15, 0.2) is 24.3 Å². The minimum Gasteiger partial charge on any atom is -0.381 e. The fourth-order valence-electron chi connectivity index (χ4n) is 3.62. The molecule has 0 aromatic heterocycles. The van der Waals surface area contributed by atoms with Crippen molar-refractivity contribution in [3.05, 3.63) is 34.9 Å². The molecule has 108 valence electrons. The Hall–Kier alpha value is -1.06. The first kappa shape index (κ1) is 13.9. The molecule has 3 rings (SSSR count). The molecule has 0 N–H and O–H groups in total. The lowest BCUT2D eigenvalue weighted by atomic mass is 9.98. The summed E-state index contributed by atoms with van der Waals surface area (Å²) in [7, 11) is 1.77. The molecule has 1 aromatic rings. The average molecular weight is 294 g/mol. The fourth-order valence-corrected chi connectivity index (χ4v) is 3.83. The Balaban J connectivity index is 1.71. The van der Waals surface area contributed by atoms with Gasteiger partial charge in [0.2, 0.25) is 5.91 Å². The van der Waals surface area contributed by atoms with Crippen LogP contribution in [0.2, 0.25) is 5.02 Å². The summed E-state index contributed by atoms with van der Waals surface area (Å²) in [5.74, 6) is 0.208. The van der Waals surface area contributed by atoms with E-state index in [0.29, 0.717) is 29.6 Å². The number of amides is 1. The number of carbonyl (C=O) groups excluding carboxylic acids is 1. The molecular formula is C16H20ClNO2. The van der Waals surface area contributed by atoms with E-state index in [0.717, 1.165) is 31.2 Å². The molecule has 4 heteroatoms. The van der Waals surface area contributed by atoms with Gasteiger partial charge >= 0.3 is 0 Å². The number of hydrogen-bond donors (Lipinski definition) is 0. The zero-order chi connectivity index (χ0) is 14.1. The van der Waals surface area contributed by atoms with Gasteiger partial charge in [0.05, 0.1) is 12.5 Å². The Morgan fingerprint density at radius 1 is 1.30 bits per heavy atom. The molecule has 3 nitrogen and oxygen atoms in total. The summed E-state index contributed by atoms with van der Waals surface area (Å²) in [5, 5.41) is 0.681. The summed E-state index contributed by atoms with van der Waals surface area (Å²) in [6.45, 7) is 0. The van der Waals surface area contributed by atoms with Gasteiger partial charge in [-0.2, -0.15) is 0 Å². The van der Waals surface area contributed by atoms with Crippen LogP contribution in [-0.2, 0) is 16.0 Å². The van der Waals surface area contributed by atoms with Crippen LogP contribution in [0.25, 0.3) is 0 Å². The Morgan fingerprint density at radius 2 is 1.95 bits per heavy atom. The van der Waals surface area contributed by atoms with Crippen LogP contribution < -0.4 is 0 Å². The first-order chi connectivity index (χ1) is 9.69. The summed E-state index contributed by atoms with van der Waals surface area (Å²) in [4.78, 5) is 14.7. The molecular weight excluding hydrogens is 274 g/mol. The van der Waals surface area contributed by atoms with E-state index in [9.17, 15) is 4.79 Å². The van der Waals surface area contributed by atoms with E-state index >= 15 is 0 Å². The third-order valence-electron chi connectivity index (χ3n) is 4.61. The number of ether oxygens (including phenoxy) is 1. The lowest BCUT2D eigenvalue weighted by Gasteiger charge is -2.38. The van der Waals surface area contributed by atoms with E-state index in [1.165, 1.54) is 0 Å². The molecule has 2 aliphatic heterocycles. The number of piperidine rings is 1. The van der Waals surface area contributed by atoms with Crippen LogP contribution in [-0.4, -0.2) is 36.1 Å². The molecule has 0 saturated carbocycles. The highest BCUT2D eigenvalue weighted by atomic mass is 35.5. The molecule has 20 heavy (non-hydrogen) atoms. The van der Waals surface area contributed by atoms with E-state index < -0.39 is 0 Å². The van der Waals surface area contributed by atoms with Gasteiger partial charge in [-0.1, -0.05) is 29.8 Å². The Bertz CT molecular complexity index is 491. The van der Waals surface area contributed by atoms with E-state index in [4.69, 9.17) is 16.3 Å². The van der Waals surface area contributed by atoms with Crippen molar-refractivity contribution in [2.45, 2.75) is 50.3 Å². The van der Waals surface area contributed by atoms with Crippen LogP contribution in [0, 0.1) is 0 Å². The number of rotatable bonds is 3. The third kappa shape index (κ3) is 2.57. The molecule has 2 bridgehead atoms.